The van der Waals surface area contributed by atoms with Crippen molar-refractivity contribution in [1.82, 2.24) is 21.1 Å². The number of benzene rings is 1. The number of carbonyl (C=O) groups is 3. The molecule has 0 spiro atoms. The van der Waals surface area contributed by atoms with Crippen molar-refractivity contribution in [2.45, 2.75) is 13.0 Å². The second kappa shape index (κ2) is 9.72. The second-order valence-electron chi connectivity index (χ2n) is 6.50. The van der Waals surface area contributed by atoms with Crippen LogP contribution in [0.15, 0.2) is 45.5 Å². The number of amides is 3. The number of nitrogens with one attached hydrogen (secondary N) is 3. The molecule has 2 aromatic rings. The van der Waals surface area contributed by atoms with Gasteiger partial charge in [-0.25, -0.2) is 0 Å². The zero-order valence-corrected chi connectivity index (χ0v) is 18.3. The van der Waals surface area contributed by atoms with Crippen molar-refractivity contribution in [3.63, 3.8) is 0 Å². The number of halogens is 1. The SMILES string of the molecule is COc1ccc(C(=O)NC(=S)NNC(=O)C2CC(=O)N(Cc3ccco3)C2)cc1Br. The van der Waals surface area contributed by atoms with E-state index in [4.69, 9.17) is 21.4 Å². The summed E-state index contributed by atoms with van der Waals surface area (Å²) in [6.07, 6.45) is 1.62. The van der Waals surface area contributed by atoms with Crippen molar-refractivity contribution >= 4 is 51.0 Å². The van der Waals surface area contributed by atoms with E-state index >= 15 is 0 Å². The van der Waals surface area contributed by atoms with E-state index in [0.717, 1.165) is 0 Å². The Kier molecular flexibility index (Phi) is 7.06. The number of methoxy groups -OCH3 is 1. The van der Waals surface area contributed by atoms with E-state index in [0.29, 0.717) is 28.1 Å². The molecule has 3 rings (SSSR count). The molecule has 30 heavy (non-hydrogen) atoms. The molecule has 0 bridgehead atoms. The molecule has 1 atom stereocenters. The first-order chi connectivity index (χ1) is 14.4. The Morgan fingerprint density at radius 1 is 1.33 bits per heavy atom. The Hall–Kier alpha value is -2.92. The monoisotopic (exact) mass is 494 g/mol. The third kappa shape index (κ3) is 5.36. The molecular weight excluding hydrogens is 476 g/mol. The van der Waals surface area contributed by atoms with Crippen molar-refractivity contribution in [2.24, 2.45) is 5.92 Å². The lowest BCUT2D eigenvalue weighted by molar-refractivity contribution is -0.129. The fourth-order valence-corrected chi connectivity index (χ4v) is 3.61. The largest absolute Gasteiger partial charge is 0.496 e. The van der Waals surface area contributed by atoms with Crippen molar-refractivity contribution < 1.29 is 23.5 Å². The highest BCUT2D eigenvalue weighted by molar-refractivity contribution is 9.10. The summed E-state index contributed by atoms with van der Waals surface area (Å²) in [5, 5.41) is 2.40. The fraction of sp³-hybridized carbons (Fsp3) is 0.263. The van der Waals surface area contributed by atoms with E-state index in [-0.39, 0.29) is 24.0 Å². The molecule has 0 aliphatic carbocycles. The molecule has 1 aromatic heterocycles. The Morgan fingerprint density at radius 3 is 2.80 bits per heavy atom. The van der Waals surface area contributed by atoms with Gasteiger partial charge in [0.05, 0.1) is 30.3 Å². The number of nitrogens with zero attached hydrogens (tertiary/aromatic N) is 1. The fourth-order valence-electron chi connectivity index (χ4n) is 2.93. The van der Waals surface area contributed by atoms with Gasteiger partial charge in [-0.15, -0.1) is 0 Å². The van der Waals surface area contributed by atoms with Crippen LogP contribution in [0.1, 0.15) is 22.5 Å². The molecule has 1 fully saturated rings. The molecular formula is C19H19BrN4O5S. The molecule has 158 valence electrons. The van der Waals surface area contributed by atoms with Gasteiger partial charge in [0, 0.05) is 18.5 Å². The van der Waals surface area contributed by atoms with Gasteiger partial charge in [-0.3, -0.25) is 30.6 Å². The van der Waals surface area contributed by atoms with E-state index in [1.165, 1.54) is 13.4 Å². The highest BCUT2D eigenvalue weighted by atomic mass is 79.9. The standard InChI is InChI=1S/C19H19BrN4O5S/c1-28-15-5-4-11(7-14(15)20)17(26)21-19(30)23-22-18(27)12-8-16(25)24(9-12)10-13-3-2-6-29-13/h2-7,12H,8-10H2,1H3,(H,22,27)(H2,21,23,26,30). The number of carbonyl (C=O) groups excluding carboxylic acids is 3. The van der Waals surface area contributed by atoms with E-state index in [2.05, 4.69) is 32.1 Å². The predicted octanol–water partition coefficient (Wildman–Crippen LogP) is 1.73. The van der Waals surface area contributed by atoms with Gasteiger partial charge >= 0.3 is 0 Å². The average molecular weight is 495 g/mol. The van der Waals surface area contributed by atoms with Crippen LogP contribution in [0.25, 0.3) is 0 Å². The van der Waals surface area contributed by atoms with Crippen LogP contribution in [0.4, 0.5) is 0 Å². The molecule has 9 nitrogen and oxygen atoms in total. The van der Waals surface area contributed by atoms with Gasteiger partial charge in [-0.05, 0) is 58.5 Å². The average Bonchev–Trinajstić information content (AvgIpc) is 3.36. The normalized spacial score (nSPS) is 15.6. The summed E-state index contributed by atoms with van der Waals surface area (Å²) in [5.41, 5.74) is 5.28. The molecule has 1 unspecified atom stereocenters. The zero-order valence-electron chi connectivity index (χ0n) is 15.9. The summed E-state index contributed by atoms with van der Waals surface area (Å²) >= 11 is 8.35. The van der Waals surface area contributed by atoms with Crippen molar-refractivity contribution in [3.8, 4) is 5.75 Å². The third-order valence-electron chi connectivity index (χ3n) is 4.45. The summed E-state index contributed by atoms with van der Waals surface area (Å²) in [6.45, 7) is 0.584. The highest BCUT2D eigenvalue weighted by Gasteiger charge is 2.34. The third-order valence-corrected chi connectivity index (χ3v) is 5.28. The Balaban J connectivity index is 1.46. The minimum atomic E-state index is -0.531. The number of hydrogen-bond acceptors (Lipinski definition) is 6. The van der Waals surface area contributed by atoms with Crippen LogP contribution >= 0.6 is 28.1 Å². The van der Waals surface area contributed by atoms with E-state index in [1.807, 2.05) is 0 Å². The van der Waals surface area contributed by atoms with Crippen LogP contribution in [-0.2, 0) is 16.1 Å². The van der Waals surface area contributed by atoms with Gasteiger partial charge in [0.15, 0.2) is 5.11 Å². The number of thiocarbonyl (C=S) groups is 1. The molecule has 1 aliphatic heterocycles. The first-order valence-corrected chi connectivity index (χ1v) is 10.1. The lowest BCUT2D eigenvalue weighted by Gasteiger charge is -2.16. The molecule has 2 heterocycles. The van der Waals surface area contributed by atoms with Gasteiger partial charge < -0.3 is 14.1 Å². The zero-order chi connectivity index (χ0) is 21.7. The molecule has 1 aromatic carbocycles. The van der Waals surface area contributed by atoms with Crippen molar-refractivity contribution in [1.29, 1.82) is 0 Å². The highest BCUT2D eigenvalue weighted by Crippen LogP contribution is 2.25. The minimum absolute atomic E-state index is 0.0722. The lowest BCUT2D eigenvalue weighted by atomic mass is 10.1. The maximum absolute atomic E-state index is 12.3. The molecule has 1 saturated heterocycles. The summed E-state index contributed by atoms with van der Waals surface area (Å²) in [7, 11) is 1.52. The first-order valence-electron chi connectivity index (χ1n) is 8.92. The summed E-state index contributed by atoms with van der Waals surface area (Å²) < 4.78 is 11.0. The quantitative estimate of drug-likeness (QED) is 0.428. The van der Waals surface area contributed by atoms with Gasteiger partial charge in [0.25, 0.3) is 5.91 Å². The van der Waals surface area contributed by atoms with Gasteiger partial charge in [-0.2, -0.15) is 0 Å². The number of hydrazine groups is 1. The maximum Gasteiger partial charge on any atom is 0.257 e. The Morgan fingerprint density at radius 2 is 2.13 bits per heavy atom. The molecule has 3 N–H and O–H groups in total. The second-order valence-corrected chi connectivity index (χ2v) is 7.76. The van der Waals surface area contributed by atoms with Crippen molar-refractivity contribution in [2.75, 3.05) is 13.7 Å². The first kappa shape index (κ1) is 21.8. The molecule has 1 aliphatic rings. The van der Waals surface area contributed by atoms with Crippen LogP contribution < -0.4 is 20.9 Å². The van der Waals surface area contributed by atoms with Gasteiger partial charge in [-0.1, -0.05) is 0 Å². The summed E-state index contributed by atoms with van der Waals surface area (Å²) in [5.74, 6) is -0.272. The number of ether oxygens (including phenoxy) is 1. The Labute approximate surface area is 186 Å². The lowest BCUT2D eigenvalue weighted by Crippen LogP contribution is -2.50. The molecule has 0 saturated carbocycles. The topological polar surface area (TPSA) is 113 Å². The molecule has 3 amide bonds. The Bertz CT molecular complexity index is 966. The van der Waals surface area contributed by atoms with Crippen LogP contribution in [0.5, 0.6) is 5.75 Å². The van der Waals surface area contributed by atoms with Crippen LogP contribution in [0.2, 0.25) is 0 Å². The van der Waals surface area contributed by atoms with Crippen molar-refractivity contribution in [3.05, 3.63) is 52.4 Å². The van der Waals surface area contributed by atoms with E-state index in [9.17, 15) is 14.4 Å². The van der Waals surface area contributed by atoms with Gasteiger partial charge in [0.2, 0.25) is 11.8 Å². The van der Waals surface area contributed by atoms with Crippen LogP contribution in [-0.4, -0.2) is 41.4 Å². The maximum atomic E-state index is 12.3. The molecule has 11 heteroatoms. The smallest absolute Gasteiger partial charge is 0.257 e. The van der Waals surface area contributed by atoms with E-state index in [1.54, 1.807) is 35.2 Å². The van der Waals surface area contributed by atoms with E-state index < -0.39 is 17.7 Å². The number of hydrogen-bond donors (Lipinski definition) is 3. The number of rotatable bonds is 5. The predicted molar refractivity (Wildman–Crippen MR) is 114 cm³/mol. The summed E-state index contributed by atoms with van der Waals surface area (Å²) in [4.78, 5) is 38.3. The van der Waals surface area contributed by atoms with Gasteiger partial charge in [0.1, 0.15) is 11.5 Å². The molecule has 0 radical (unpaired) electrons. The summed E-state index contributed by atoms with van der Waals surface area (Å²) in [6, 6.07) is 8.32. The van der Waals surface area contributed by atoms with Crippen LogP contribution in [0, 0.1) is 5.92 Å². The number of furan rings is 1. The number of likely N-dealkylation sites (tertiary alicyclic amines) is 1. The minimum Gasteiger partial charge on any atom is -0.496 e. The van der Waals surface area contributed by atoms with Crippen LogP contribution in [0.3, 0.4) is 0 Å².